The maximum atomic E-state index is 5.69. The van der Waals surface area contributed by atoms with Crippen molar-refractivity contribution < 1.29 is 0 Å². The molecule has 0 amide bonds. The van der Waals surface area contributed by atoms with Crippen LogP contribution < -0.4 is 5.84 Å². The lowest BCUT2D eigenvalue weighted by molar-refractivity contribution is 0.150. The number of nitrogens with zero attached hydrogens (tertiary/aromatic N) is 2. The fourth-order valence-electron chi connectivity index (χ4n) is 0.775. The summed E-state index contributed by atoms with van der Waals surface area (Å²) in [6, 6.07) is 0. The van der Waals surface area contributed by atoms with Gasteiger partial charge in [0, 0.05) is 25.3 Å². The van der Waals surface area contributed by atoms with Gasteiger partial charge in [-0.15, -0.1) is 0 Å². The van der Waals surface area contributed by atoms with Crippen molar-refractivity contribution in [2.75, 3.05) is 14.1 Å². The van der Waals surface area contributed by atoms with Crippen LogP contribution in [-0.2, 0) is 0 Å². The highest BCUT2D eigenvalue weighted by Gasteiger charge is 2.20. The first-order valence-corrected chi connectivity index (χ1v) is 4.31. The minimum absolute atomic E-state index is 0.0615. The van der Waals surface area contributed by atoms with Crippen LogP contribution in [0.4, 0.5) is 0 Å². The second-order valence-corrected chi connectivity index (χ2v) is 3.88. The number of hydrogen-bond acceptors (Lipinski definition) is 3. The highest BCUT2D eigenvalue weighted by atomic mass is 15.4. The van der Waals surface area contributed by atoms with Crippen molar-refractivity contribution in [3.05, 3.63) is 0 Å². The van der Waals surface area contributed by atoms with Gasteiger partial charge >= 0.3 is 0 Å². The van der Waals surface area contributed by atoms with E-state index in [2.05, 4.69) is 18.8 Å². The normalized spacial score (nSPS) is 14.1. The molecule has 0 rings (SSSR count). The standard InChI is InChI=1S/C9H21N3/c1-8(11-4)6-7-9(2,3)12(5)10/h6-7,10H2,1-5H3/b11-8-. The summed E-state index contributed by atoms with van der Waals surface area (Å²) < 4.78 is 0. The quantitative estimate of drug-likeness (QED) is 0.395. The third-order valence-electron chi connectivity index (χ3n) is 2.44. The third-order valence-corrected chi connectivity index (χ3v) is 2.44. The third kappa shape index (κ3) is 3.83. The van der Waals surface area contributed by atoms with Crippen LogP contribution in [0.3, 0.4) is 0 Å². The van der Waals surface area contributed by atoms with E-state index in [-0.39, 0.29) is 5.54 Å². The minimum Gasteiger partial charge on any atom is -0.298 e. The number of hydrogen-bond donors (Lipinski definition) is 1. The van der Waals surface area contributed by atoms with Gasteiger partial charge in [-0.05, 0) is 33.6 Å². The van der Waals surface area contributed by atoms with Crippen LogP contribution >= 0.6 is 0 Å². The van der Waals surface area contributed by atoms with Crippen LogP contribution in [0.15, 0.2) is 4.99 Å². The molecule has 0 aromatic rings. The first-order chi connectivity index (χ1) is 5.40. The van der Waals surface area contributed by atoms with Crippen LogP contribution in [-0.4, -0.2) is 30.4 Å². The van der Waals surface area contributed by atoms with Gasteiger partial charge in [0.25, 0.3) is 0 Å². The molecular weight excluding hydrogens is 150 g/mol. The molecule has 0 aliphatic rings. The average Bonchev–Trinajstić information content (AvgIpc) is 2.00. The molecule has 72 valence electrons. The van der Waals surface area contributed by atoms with Crippen LogP contribution in [0.1, 0.15) is 33.6 Å². The van der Waals surface area contributed by atoms with Crippen molar-refractivity contribution in [3.63, 3.8) is 0 Å². The predicted molar refractivity (Wildman–Crippen MR) is 54.3 cm³/mol. The van der Waals surface area contributed by atoms with Crippen LogP contribution in [0.25, 0.3) is 0 Å². The summed E-state index contributed by atoms with van der Waals surface area (Å²) in [4.78, 5) is 4.11. The zero-order chi connectivity index (χ0) is 9.78. The molecule has 3 nitrogen and oxygen atoms in total. The largest absolute Gasteiger partial charge is 0.298 e. The molecule has 0 fully saturated rings. The van der Waals surface area contributed by atoms with E-state index >= 15 is 0 Å². The monoisotopic (exact) mass is 171 g/mol. The molecule has 0 aromatic carbocycles. The van der Waals surface area contributed by atoms with E-state index in [1.807, 2.05) is 21.0 Å². The highest BCUT2D eigenvalue weighted by molar-refractivity contribution is 5.81. The molecular formula is C9H21N3. The van der Waals surface area contributed by atoms with Gasteiger partial charge in [-0.1, -0.05) is 0 Å². The van der Waals surface area contributed by atoms with Gasteiger partial charge in [-0.3, -0.25) is 10.8 Å². The molecule has 0 saturated heterocycles. The first-order valence-electron chi connectivity index (χ1n) is 4.31. The maximum Gasteiger partial charge on any atom is 0.0296 e. The summed E-state index contributed by atoms with van der Waals surface area (Å²) in [5.41, 5.74) is 1.25. The SMILES string of the molecule is C/N=C(/C)CCC(C)(C)N(C)N. The van der Waals surface area contributed by atoms with E-state index in [1.54, 1.807) is 5.01 Å². The Bertz CT molecular complexity index is 159. The lowest BCUT2D eigenvalue weighted by Crippen LogP contribution is -2.45. The van der Waals surface area contributed by atoms with Gasteiger partial charge < -0.3 is 0 Å². The molecule has 2 N–H and O–H groups in total. The molecule has 0 heterocycles. The molecule has 0 saturated carbocycles. The summed E-state index contributed by atoms with van der Waals surface area (Å²) in [5.74, 6) is 5.69. The summed E-state index contributed by atoms with van der Waals surface area (Å²) >= 11 is 0. The lowest BCUT2D eigenvalue weighted by Gasteiger charge is -2.31. The predicted octanol–water partition coefficient (Wildman–Crippen LogP) is 1.44. The summed E-state index contributed by atoms with van der Waals surface area (Å²) in [7, 11) is 3.73. The fourth-order valence-corrected chi connectivity index (χ4v) is 0.775. The molecule has 0 aliphatic heterocycles. The van der Waals surface area contributed by atoms with Gasteiger partial charge in [0.1, 0.15) is 0 Å². The summed E-state index contributed by atoms with van der Waals surface area (Å²) in [5, 5.41) is 1.76. The second-order valence-electron chi connectivity index (χ2n) is 3.88. The Morgan fingerprint density at radius 2 is 2.00 bits per heavy atom. The molecule has 0 radical (unpaired) electrons. The smallest absolute Gasteiger partial charge is 0.0296 e. The molecule has 3 heteroatoms. The average molecular weight is 171 g/mol. The lowest BCUT2D eigenvalue weighted by atomic mass is 9.96. The van der Waals surface area contributed by atoms with E-state index in [4.69, 9.17) is 5.84 Å². The maximum absolute atomic E-state index is 5.69. The van der Waals surface area contributed by atoms with Crippen LogP contribution in [0, 0.1) is 0 Å². The molecule has 0 aliphatic carbocycles. The number of rotatable bonds is 4. The van der Waals surface area contributed by atoms with Gasteiger partial charge in [0.15, 0.2) is 0 Å². The van der Waals surface area contributed by atoms with Crippen LogP contribution in [0.2, 0.25) is 0 Å². The Kier molecular flexibility index (Phi) is 4.42. The van der Waals surface area contributed by atoms with E-state index in [0.29, 0.717) is 0 Å². The Labute approximate surface area is 75.6 Å². The minimum atomic E-state index is 0.0615. The van der Waals surface area contributed by atoms with Gasteiger partial charge in [-0.25, -0.2) is 5.01 Å². The summed E-state index contributed by atoms with van der Waals surface area (Å²) in [6.07, 6.45) is 2.06. The molecule has 0 unspecified atom stereocenters. The molecule has 0 atom stereocenters. The van der Waals surface area contributed by atoms with Crippen molar-refractivity contribution >= 4 is 5.71 Å². The van der Waals surface area contributed by atoms with Crippen molar-refractivity contribution in [2.45, 2.75) is 39.2 Å². The topological polar surface area (TPSA) is 41.6 Å². The van der Waals surface area contributed by atoms with Crippen molar-refractivity contribution in [1.29, 1.82) is 0 Å². The van der Waals surface area contributed by atoms with E-state index < -0.39 is 0 Å². The van der Waals surface area contributed by atoms with Crippen LogP contribution in [0.5, 0.6) is 0 Å². The van der Waals surface area contributed by atoms with Gasteiger partial charge in [0.05, 0.1) is 0 Å². The van der Waals surface area contributed by atoms with E-state index in [9.17, 15) is 0 Å². The fraction of sp³-hybridized carbons (Fsp3) is 0.889. The number of hydrazine groups is 1. The molecule has 12 heavy (non-hydrogen) atoms. The van der Waals surface area contributed by atoms with E-state index in [1.165, 1.54) is 5.71 Å². The van der Waals surface area contributed by atoms with Gasteiger partial charge in [0.2, 0.25) is 0 Å². The zero-order valence-electron chi connectivity index (χ0n) is 8.89. The number of aliphatic imine (C=N–C) groups is 1. The van der Waals surface area contributed by atoms with Crippen molar-refractivity contribution in [3.8, 4) is 0 Å². The molecule has 0 spiro atoms. The van der Waals surface area contributed by atoms with Gasteiger partial charge in [-0.2, -0.15) is 0 Å². The first kappa shape index (κ1) is 11.6. The summed E-state index contributed by atoms with van der Waals surface area (Å²) in [6.45, 7) is 6.32. The Balaban J connectivity index is 3.92. The number of nitrogens with two attached hydrogens (primary N) is 1. The Morgan fingerprint density at radius 1 is 1.50 bits per heavy atom. The molecule has 0 bridgehead atoms. The highest BCUT2D eigenvalue weighted by Crippen LogP contribution is 2.16. The second kappa shape index (κ2) is 4.58. The Hall–Kier alpha value is -0.410. The van der Waals surface area contributed by atoms with Crippen molar-refractivity contribution in [2.24, 2.45) is 10.8 Å². The Morgan fingerprint density at radius 3 is 2.33 bits per heavy atom. The molecule has 0 aromatic heterocycles. The zero-order valence-corrected chi connectivity index (χ0v) is 8.89. The van der Waals surface area contributed by atoms with E-state index in [0.717, 1.165) is 12.8 Å². The van der Waals surface area contributed by atoms with Crippen molar-refractivity contribution in [1.82, 2.24) is 5.01 Å².